The highest BCUT2D eigenvalue weighted by Crippen LogP contribution is 2.15. The zero-order valence-electron chi connectivity index (χ0n) is 16.6. The molecule has 0 bridgehead atoms. The van der Waals surface area contributed by atoms with Crippen LogP contribution in [0.1, 0.15) is 77.6 Å². The summed E-state index contributed by atoms with van der Waals surface area (Å²) in [6.07, 6.45) is 12.6. The van der Waals surface area contributed by atoms with Gasteiger partial charge in [0.05, 0.1) is 45.1 Å². The molecule has 0 saturated carbocycles. The van der Waals surface area contributed by atoms with Gasteiger partial charge in [-0.1, -0.05) is 45.4 Å². The van der Waals surface area contributed by atoms with Crippen molar-refractivity contribution in [2.75, 3.05) is 19.6 Å². The second kappa shape index (κ2) is 15.2. The Morgan fingerprint density at radius 3 is 1.52 bits per heavy atom. The minimum absolute atomic E-state index is 0.0847. The number of carbonyl (C=O) groups is 3. The molecule has 0 aliphatic heterocycles. The summed E-state index contributed by atoms with van der Waals surface area (Å²) in [5.41, 5.74) is 0. The van der Waals surface area contributed by atoms with E-state index in [0.717, 1.165) is 19.3 Å². The van der Waals surface area contributed by atoms with E-state index in [0.29, 0.717) is 0 Å². The number of aliphatic carboxylic acids is 3. The topological polar surface area (TPSA) is 112 Å². The summed E-state index contributed by atoms with van der Waals surface area (Å²) in [5, 5.41) is 27.0. The van der Waals surface area contributed by atoms with Gasteiger partial charge in [0.25, 0.3) is 0 Å². The number of rotatable bonds is 18. The van der Waals surface area contributed by atoms with Gasteiger partial charge in [0.1, 0.15) is 0 Å². The second-order valence-corrected chi connectivity index (χ2v) is 7.12. The van der Waals surface area contributed by atoms with Gasteiger partial charge in [-0.3, -0.25) is 18.9 Å². The second-order valence-electron chi connectivity index (χ2n) is 7.12. The monoisotopic (exact) mass is 386 g/mol. The van der Waals surface area contributed by atoms with Crippen LogP contribution in [-0.4, -0.2) is 57.3 Å². The zero-order chi connectivity index (χ0) is 20.5. The lowest BCUT2D eigenvalue weighted by Crippen LogP contribution is -2.47. The highest BCUT2D eigenvalue weighted by Gasteiger charge is 2.27. The molecule has 0 aromatic heterocycles. The van der Waals surface area contributed by atoms with E-state index in [1.807, 2.05) is 12.3 Å². The van der Waals surface area contributed by atoms with Crippen molar-refractivity contribution in [1.29, 1.82) is 0 Å². The SMILES string of the molecule is CCCCCCCCC/C=C/[N+](CCC(=O)O)(CCC(=O)O)CCC(=O)O. The van der Waals surface area contributed by atoms with Crippen LogP contribution < -0.4 is 0 Å². The Bertz CT molecular complexity index is 430. The van der Waals surface area contributed by atoms with Crippen molar-refractivity contribution in [2.24, 2.45) is 0 Å². The first kappa shape index (κ1) is 25.1. The maximum absolute atomic E-state index is 11.0. The molecule has 7 nitrogen and oxygen atoms in total. The van der Waals surface area contributed by atoms with Crippen molar-refractivity contribution in [3.8, 4) is 0 Å². The number of hydrogen-bond donors (Lipinski definition) is 3. The van der Waals surface area contributed by atoms with E-state index in [-0.39, 0.29) is 43.4 Å². The van der Waals surface area contributed by atoms with Gasteiger partial charge in [-0.2, -0.15) is 0 Å². The number of nitrogens with zero attached hydrogens (tertiary/aromatic N) is 1. The summed E-state index contributed by atoms with van der Waals surface area (Å²) in [6.45, 7) is 2.78. The van der Waals surface area contributed by atoms with E-state index in [1.165, 1.54) is 32.1 Å². The fourth-order valence-corrected chi connectivity index (χ4v) is 3.03. The third kappa shape index (κ3) is 14.9. The minimum atomic E-state index is -0.969. The van der Waals surface area contributed by atoms with Crippen molar-refractivity contribution >= 4 is 17.9 Å². The van der Waals surface area contributed by atoms with E-state index in [1.54, 1.807) is 0 Å². The van der Waals surface area contributed by atoms with Gasteiger partial charge in [-0.05, 0) is 18.9 Å². The molecular formula is C20H36NO6+. The average Bonchev–Trinajstić information content (AvgIpc) is 2.61. The normalized spacial score (nSPS) is 11.7. The van der Waals surface area contributed by atoms with Crippen molar-refractivity contribution in [1.82, 2.24) is 0 Å². The third-order valence-electron chi connectivity index (χ3n) is 4.71. The predicted molar refractivity (Wildman–Crippen MR) is 103 cm³/mol. The number of carboxylic acid groups (broad SMARTS) is 3. The molecule has 0 aliphatic carbocycles. The van der Waals surface area contributed by atoms with Crippen LogP contribution in [0.5, 0.6) is 0 Å². The first-order chi connectivity index (χ1) is 12.8. The van der Waals surface area contributed by atoms with Gasteiger partial charge in [-0.15, -0.1) is 0 Å². The summed E-state index contributed by atoms with van der Waals surface area (Å²) < 4.78 is 0.0847. The molecule has 0 aliphatic rings. The lowest BCUT2D eigenvalue weighted by Gasteiger charge is -2.34. The Labute approximate surface area is 162 Å². The number of quaternary nitrogens is 1. The molecule has 0 spiro atoms. The summed E-state index contributed by atoms with van der Waals surface area (Å²) in [5.74, 6) is -2.91. The molecule has 156 valence electrons. The first-order valence-electron chi connectivity index (χ1n) is 10.00. The molecule has 0 rings (SSSR count). The Morgan fingerprint density at radius 2 is 1.11 bits per heavy atom. The summed E-state index contributed by atoms with van der Waals surface area (Å²) >= 11 is 0. The van der Waals surface area contributed by atoms with Crippen molar-refractivity contribution in [3.63, 3.8) is 0 Å². The summed E-state index contributed by atoms with van der Waals surface area (Å²) in [6, 6.07) is 0. The number of allylic oxidation sites excluding steroid dienone is 1. The van der Waals surface area contributed by atoms with Crippen molar-refractivity contribution < 1.29 is 34.2 Å². The van der Waals surface area contributed by atoms with Gasteiger partial charge in [0.15, 0.2) is 0 Å². The molecule has 0 aromatic rings. The van der Waals surface area contributed by atoms with E-state index in [9.17, 15) is 14.4 Å². The Hall–Kier alpha value is -1.89. The highest BCUT2D eigenvalue weighted by atomic mass is 16.4. The molecule has 27 heavy (non-hydrogen) atoms. The standard InChI is InChI=1S/C20H35NO6/c1-2-3-4-5-6-7-8-9-10-14-21(15-11-18(22)23,16-12-19(24)25)17-13-20(26)27/h10,14H,2-9,11-13,15-17H2,1H3,(H2-,22,23,24,25,26,27)/p+1/b14-10+. The highest BCUT2D eigenvalue weighted by molar-refractivity contribution is 5.67. The van der Waals surface area contributed by atoms with Crippen LogP contribution in [0.4, 0.5) is 0 Å². The van der Waals surface area contributed by atoms with Crippen LogP contribution in [0.25, 0.3) is 0 Å². The van der Waals surface area contributed by atoms with Crippen LogP contribution in [0.15, 0.2) is 12.3 Å². The average molecular weight is 387 g/mol. The van der Waals surface area contributed by atoms with Crippen molar-refractivity contribution in [3.05, 3.63) is 12.3 Å². The zero-order valence-corrected chi connectivity index (χ0v) is 16.6. The maximum Gasteiger partial charge on any atom is 0.309 e. The molecule has 7 heteroatoms. The van der Waals surface area contributed by atoms with E-state index >= 15 is 0 Å². The fourth-order valence-electron chi connectivity index (χ4n) is 3.03. The number of unbranched alkanes of at least 4 members (excludes halogenated alkanes) is 7. The fraction of sp³-hybridized carbons (Fsp3) is 0.750. The van der Waals surface area contributed by atoms with Gasteiger partial charge in [0.2, 0.25) is 0 Å². The molecule has 0 fully saturated rings. The molecule has 0 amide bonds. The summed E-state index contributed by atoms with van der Waals surface area (Å²) in [7, 11) is 0. The Balaban J connectivity index is 4.72. The van der Waals surface area contributed by atoms with Gasteiger partial charge < -0.3 is 15.3 Å². The van der Waals surface area contributed by atoms with Crippen LogP contribution in [-0.2, 0) is 14.4 Å². The van der Waals surface area contributed by atoms with Gasteiger partial charge >= 0.3 is 17.9 Å². The number of carboxylic acids is 3. The quantitative estimate of drug-likeness (QED) is 0.243. The van der Waals surface area contributed by atoms with Crippen LogP contribution in [0.2, 0.25) is 0 Å². The molecule has 0 unspecified atom stereocenters. The lowest BCUT2D eigenvalue weighted by atomic mass is 10.1. The Morgan fingerprint density at radius 1 is 0.704 bits per heavy atom. The predicted octanol–water partition coefficient (Wildman–Crippen LogP) is 3.88. The molecule has 3 N–H and O–H groups in total. The van der Waals surface area contributed by atoms with E-state index < -0.39 is 17.9 Å². The summed E-state index contributed by atoms with van der Waals surface area (Å²) in [4.78, 5) is 32.9. The van der Waals surface area contributed by atoms with Crippen LogP contribution in [0, 0.1) is 0 Å². The van der Waals surface area contributed by atoms with Crippen molar-refractivity contribution in [2.45, 2.75) is 77.6 Å². The molecule has 0 radical (unpaired) electrons. The number of hydrogen-bond acceptors (Lipinski definition) is 3. The lowest BCUT2D eigenvalue weighted by molar-refractivity contribution is -0.878. The largest absolute Gasteiger partial charge is 0.481 e. The molecule has 0 saturated heterocycles. The first-order valence-corrected chi connectivity index (χ1v) is 10.00. The molecule has 0 heterocycles. The third-order valence-corrected chi connectivity index (χ3v) is 4.71. The van der Waals surface area contributed by atoms with Gasteiger partial charge in [-0.25, -0.2) is 0 Å². The van der Waals surface area contributed by atoms with E-state index in [4.69, 9.17) is 15.3 Å². The van der Waals surface area contributed by atoms with E-state index in [2.05, 4.69) is 6.92 Å². The minimum Gasteiger partial charge on any atom is -0.481 e. The molecule has 0 aromatic carbocycles. The van der Waals surface area contributed by atoms with Crippen LogP contribution >= 0.6 is 0 Å². The van der Waals surface area contributed by atoms with Crippen LogP contribution in [0.3, 0.4) is 0 Å². The smallest absolute Gasteiger partial charge is 0.309 e. The molecule has 0 atom stereocenters. The molecular weight excluding hydrogens is 350 g/mol. The van der Waals surface area contributed by atoms with Gasteiger partial charge in [0, 0.05) is 0 Å². The Kier molecular flexibility index (Phi) is 14.1. The maximum atomic E-state index is 11.0.